The van der Waals surface area contributed by atoms with E-state index >= 15 is 0 Å². The number of aryl methyl sites for hydroxylation is 2. The number of alkyl halides is 2. The maximum Gasteiger partial charge on any atom is 0.289 e. The second-order valence-electron chi connectivity index (χ2n) is 5.80. The van der Waals surface area contributed by atoms with Crippen molar-refractivity contribution < 1.29 is 18.6 Å². The van der Waals surface area contributed by atoms with Crippen LogP contribution in [0.5, 0.6) is 5.75 Å². The Bertz CT molecular complexity index is 494. The molecule has 4 nitrogen and oxygen atoms in total. The topological polar surface area (TPSA) is 44.7 Å². The lowest BCUT2D eigenvalue weighted by Gasteiger charge is -2.39. The van der Waals surface area contributed by atoms with Gasteiger partial charge in [-0.05, 0) is 30.5 Å². The van der Waals surface area contributed by atoms with E-state index in [1.165, 1.54) is 0 Å². The highest BCUT2D eigenvalue weighted by molar-refractivity contribution is 5.44. The quantitative estimate of drug-likeness (QED) is 0.871. The van der Waals surface area contributed by atoms with E-state index in [9.17, 15) is 13.9 Å². The van der Waals surface area contributed by atoms with E-state index in [0.717, 1.165) is 16.9 Å². The summed E-state index contributed by atoms with van der Waals surface area (Å²) in [6.45, 7) is 4.95. The number of piperazine rings is 1. The van der Waals surface area contributed by atoms with E-state index in [1.807, 2.05) is 13.8 Å². The minimum absolute atomic E-state index is 0.525. The molecule has 124 valence electrons. The van der Waals surface area contributed by atoms with Gasteiger partial charge < -0.3 is 15.2 Å². The molecule has 1 aliphatic heterocycles. The van der Waals surface area contributed by atoms with Gasteiger partial charge in [0.1, 0.15) is 18.4 Å². The number of ether oxygens (including phenoxy) is 1. The number of rotatable bonds is 5. The van der Waals surface area contributed by atoms with E-state index in [0.29, 0.717) is 31.7 Å². The van der Waals surface area contributed by atoms with Gasteiger partial charge in [0.05, 0.1) is 7.11 Å². The van der Waals surface area contributed by atoms with Crippen molar-refractivity contribution in [3.8, 4) is 5.75 Å². The van der Waals surface area contributed by atoms with Crippen molar-refractivity contribution in [1.29, 1.82) is 0 Å². The molecule has 0 aromatic heterocycles. The second-order valence-corrected chi connectivity index (χ2v) is 5.80. The molecule has 1 fully saturated rings. The van der Waals surface area contributed by atoms with Crippen LogP contribution in [0.3, 0.4) is 0 Å². The Balaban J connectivity index is 2.44. The van der Waals surface area contributed by atoms with Gasteiger partial charge in [0.15, 0.2) is 0 Å². The third kappa shape index (κ3) is 3.39. The number of hydrogen-bond donors (Lipinski definition) is 2. The monoisotopic (exact) mass is 314 g/mol. The molecule has 2 rings (SSSR count). The Kier molecular flexibility index (Phi) is 5.36. The average Bonchev–Trinajstić information content (AvgIpc) is 2.48. The highest BCUT2D eigenvalue weighted by Gasteiger charge is 2.44. The second kappa shape index (κ2) is 6.89. The van der Waals surface area contributed by atoms with E-state index in [-0.39, 0.29) is 0 Å². The number of nitrogens with one attached hydrogen (secondary N) is 1. The maximum atomic E-state index is 14.4. The largest absolute Gasteiger partial charge is 0.496 e. The fourth-order valence-corrected chi connectivity index (χ4v) is 3.21. The first-order chi connectivity index (χ1) is 10.4. The first-order valence-corrected chi connectivity index (χ1v) is 7.49. The minimum Gasteiger partial charge on any atom is -0.496 e. The van der Waals surface area contributed by atoms with Gasteiger partial charge in [0.25, 0.3) is 5.92 Å². The van der Waals surface area contributed by atoms with Crippen molar-refractivity contribution in [1.82, 2.24) is 10.2 Å². The fourth-order valence-electron chi connectivity index (χ4n) is 3.21. The molecule has 1 aromatic carbocycles. The third-order valence-electron chi connectivity index (χ3n) is 4.13. The van der Waals surface area contributed by atoms with Gasteiger partial charge in [-0.3, -0.25) is 4.90 Å². The number of hydrogen-bond acceptors (Lipinski definition) is 4. The zero-order valence-corrected chi connectivity index (χ0v) is 13.3. The summed E-state index contributed by atoms with van der Waals surface area (Å²) in [5.41, 5.74) is 2.18. The van der Waals surface area contributed by atoms with Crippen LogP contribution < -0.4 is 10.1 Å². The zero-order chi connectivity index (χ0) is 16.3. The summed E-state index contributed by atoms with van der Waals surface area (Å²) >= 11 is 0. The lowest BCUT2D eigenvalue weighted by molar-refractivity contribution is -0.118. The molecule has 0 amide bonds. The number of halogens is 2. The molecule has 0 bridgehead atoms. The minimum atomic E-state index is -3.19. The van der Waals surface area contributed by atoms with Gasteiger partial charge >= 0.3 is 0 Å². The average molecular weight is 314 g/mol. The van der Waals surface area contributed by atoms with E-state index in [2.05, 4.69) is 5.32 Å². The van der Waals surface area contributed by atoms with Crippen molar-refractivity contribution in [2.45, 2.75) is 25.8 Å². The van der Waals surface area contributed by atoms with Crippen molar-refractivity contribution in [2.75, 3.05) is 39.9 Å². The Hall–Kier alpha value is -1.24. The molecule has 1 heterocycles. The fraction of sp³-hybridized carbons (Fsp3) is 0.625. The Labute approximate surface area is 130 Å². The van der Waals surface area contributed by atoms with Crippen LogP contribution in [0, 0.1) is 13.8 Å². The third-order valence-corrected chi connectivity index (χ3v) is 4.13. The molecule has 1 atom stereocenters. The summed E-state index contributed by atoms with van der Waals surface area (Å²) in [6, 6.07) is 2.35. The normalized spacial score (nSPS) is 18.3. The molecule has 22 heavy (non-hydrogen) atoms. The van der Waals surface area contributed by atoms with Crippen molar-refractivity contribution in [3.05, 3.63) is 28.8 Å². The summed E-state index contributed by atoms with van der Waals surface area (Å²) in [5.74, 6) is -2.47. The predicted molar refractivity (Wildman–Crippen MR) is 81.7 cm³/mol. The molecular formula is C16H24F2N2O2. The van der Waals surface area contributed by atoms with Crippen LogP contribution in [-0.4, -0.2) is 55.8 Å². The van der Waals surface area contributed by atoms with Crippen LogP contribution in [0.15, 0.2) is 12.1 Å². The molecule has 1 aromatic rings. The number of aliphatic hydroxyl groups excluding tert-OH is 1. The van der Waals surface area contributed by atoms with E-state index in [4.69, 9.17) is 4.74 Å². The summed E-state index contributed by atoms with van der Waals surface area (Å²) in [7, 11) is 1.57. The zero-order valence-electron chi connectivity index (χ0n) is 13.3. The number of methoxy groups -OCH3 is 1. The Morgan fingerprint density at radius 2 is 1.82 bits per heavy atom. The Morgan fingerprint density at radius 3 is 2.27 bits per heavy atom. The lowest BCUT2D eigenvalue weighted by Crippen LogP contribution is -2.51. The van der Waals surface area contributed by atoms with Crippen molar-refractivity contribution >= 4 is 0 Å². The van der Waals surface area contributed by atoms with Gasteiger partial charge in [-0.25, -0.2) is 8.78 Å². The summed E-state index contributed by atoms with van der Waals surface area (Å²) in [6.07, 6.45) is 0. The molecule has 0 unspecified atom stereocenters. The Morgan fingerprint density at radius 1 is 1.27 bits per heavy atom. The first-order valence-electron chi connectivity index (χ1n) is 7.49. The SMILES string of the molecule is COc1c(C)cc([C@@H](N2CCNCC2)C(F)(F)CO)cc1C. The number of aliphatic hydroxyl groups is 1. The molecule has 1 saturated heterocycles. The predicted octanol–water partition coefficient (Wildman–Crippen LogP) is 1.89. The van der Waals surface area contributed by atoms with Gasteiger partial charge in [0.2, 0.25) is 0 Å². The molecule has 0 spiro atoms. The maximum absolute atomic E-state index is 14.4. The van der Waals surface area contributed by atoms with Gasteiger partial charge in [-0.15, -0.1) is 0 Å². The van der Waals surface area contributed by atoms with Gasteiger partial charge in [-0.1, -0.05) is 12.1 Å². The van der Waals surface area contributed by atoms with Crippen LogP contribution in [-0.2, 0) is 0 Å². The van der Waals surface area contributed by atoms with E-state index in [1.54, 1.807) is 24.1 Å². The lowest BCUT2D eigenvalue weighted by atomic mass is 9.94. The van der Waals surface area contributed by atoms with Crippen molar-refractivity contribution in [2.24, 2.45) is 0 Å². The van der Waals surface area contributed by atoms with Gasteiger partial charge in [0, 0.05) is 26.2 Å². The van der Waals surface area contributed by atoms with Crippen molar-refractivity contribution in [3.63, 3.8) is 0 Å². The molecule has 0 radical (unpaired) electrons. The number of benzene rings is 1. The smallest absolute Gasteiger partial charge is 0.289 e. The highest BCUT2D eigenvalue weighted by atomic mass is 19.3. The van der Waals surface area contributed by atoms with Crippen LogP contribution in [0.1, 0.15) is 22.7 Å². The summed E-state index contributed by atoms with van der Waals surface area (Å²) < 4.78 is 34.1. The summed E-state index contributed by atoms with van der Waals surface area (Å²) in [4.78, 5) is 1.74. The molecule has 1 aliphatic rings. The molecule has 2 N–H and O–H groups in total. The van der Waals surface area contributed by atoms with Gasteiger partial charge in [-0.2, -0.15) is 0 Å². The highest BCUT2D eigenvalue weighted by Crippen LogP contribution is 2.39. The van der Waals surface area contributed by atoms with Crippen LogP contribution in [0.2, 0.25) is 0 Å². The van der Waals surface area contributed by atoms with Crippen LogP contribution in [0.25, 0.3) is 0 Å². The summed E-state index contributed by atoms with van der Waals surface area (Å²) in [5, 5.41) is 12.3. The molecule has 0 aliphatic carbocycles. The molecule has 0 saturated carbocycles. The van der Waals surface area contributed by atoms with E-state index < -0.39 is 18.6 Å². The number of nitrogens with zero attached hydrogens (tertiary/aromatic N) is 1. The van der Waals surface area contributed by atoms with Crippen LogP contribution in [0.4, 0.5) is 8.78 Å². The first kappa shape index (κ1) is 17.1. The van der Waals surface area contributed by atoms with Crippen LogP contribution >= 0.6 is 0 Å². The molecule has 6 heteroatoms. The standard InChI is InChI=1S/C16H24F2N2O2/c1-11-8-13(9-12(2)14(11)22-3)15(16(17,18)10-21)20-6-4-19-5-7-20/h8-9,15,19,21H,4-7,10H2,1-3H3/t15-/m1/s1. The molecular weight excluding hydrogens is 290 g/mol.